The first-order chi connectivity index (χ1) is 11.5. The molecule has 0 saturated heterocycles. The van der Waals surface area contributed by atoms with Gasteiger partial charge in [0.1, 0.15) is 5.60 Å². The Morgan fingerprint density at radius 3 is 2.36 bits per heavy atom. The molecule has 0 spiro atoms. The van der Waals surface area contributed by atoms with Crippen LogP contribution >= 0.6 is 0 Å². The minimum atomic E-state index is -0.937. The number of alkyl carbamates (subject to hydrolysis) is 1. The van der Waals surface area contributed by atoms with Gasteiger partial charge in [0.05, 0.1) is 5.56 Å². The molecule has 0 heterocycles. The van der Waals surface area contributed by atoms with E-state index in [9.17, 15) is 14.7 Å². The summed E-state index contributed by atoms with van der Waals surface area (Å²) in [5.74, 6) is -0.418. The summed E-state index contributed by atoms with van der Waals surface area (Å²) in [7, 11) is 0. The average Bonchev–Trinajstić information content (AvgIpc) is 2.46. The fourth-order valence-electron chi connectivity index (χ4n) is 2.37. The second kappa shape index (κ2) is 8.74. The number of carboxylic acids is 1. The van der Waals surface area contributed by atoms with Gasteiger partial charge >= 0.3 is 12.1 Å². The van der Waals surface area contributed by atoms with Crippen molar-refractivity contribution in [3.05, 3.63) is 29.3 Å². The molecule has 0 saturated carbocycles. The van der Waals surface area contributed by atoms with Gasteiger partial charge in [0.25, 0.3) is 0 Å². The molecule has 0 aliphatic rings. The van der Waals surface area contributed by atoms with E-state index in [0.29, 0.717) is 24.6 Å². The molecule has 3 N–H and O–H groups in total. The molecule has 0 aliphatic heterocycles. The van der Waals surface area contributed by atoms with Gasteiger partial charge in [0.15, 0.2) is 0 Å². The van der Waals surface area contributed by atoms with Crippen LogP contribution in [0.5, 0.6) is 0 Å². The van der Waals surface area contributed by atoms with Crippen molar-refractivity contribution < 1.29 is 19.4 Å². The zero-order chi connectivity index (χ0) is 19.2. The van der Waals surface area contributed by atoms with Crippen molar-refractivity contribution in [2.75, 3.05) is 18.4 Å². The van der Waals surface area contributed by atoms with Crippen LogP contribution in [0, 0.1) is 18.8 Å². The number of rotatable bonds is 7. The van der Waals surface area contributed by atoms with Crippen LogP contribution in [0.25, 0.3) is 0 Å². The molecule has 140 valence electrons. The molecule has 1 atom stereocenters. The molecular formula is C19H30N2O4. The van der Waals surface area contributed by atoms with Crippen LogP contribution in [-0.2, 0) is 4.74 Å². The maximum absolute atomic E-state index is 11.8. The van der Waals surface area contributed by atoms with Crippen molar-refractivity contribution in [1.82, 2.24) is 5.32 Å². The number of nitrogens with one attached hydrogen (secondary N) is 2. The Labute approximate surface area is 150 Å². The van der Waals surface area contributed by atoms with Crippen molar-refractivity contribution in [2.24, 2.45) is 11.8 Å². The van der Waals surface area contributed by atoms with Crippen molar-refractivity contribution in [3.63, 3.8) is 0 Å². The molecule has 1 aromatic rings. The third-order valence-electron chi connectivity index (χ3n) is 3.97. The van der Waals surface area contributed by atoms with Crippen LogP contribution in [0.15, 0.2) is 18.2 Å². The molecule has 6 nitrogen and oxygen atoms in total. The van der Waals surface area contributed by atoms with E-state index in [4.69, 9.17) is 4.74 Å². The van der Waals surface area contributed by atoms with Crippen molar-refractivity contribution in [1.29, 1.82) is 0 Å². The Bertz CT molecular complexity index is 606. The molecule has 1 amide bonds. The lowest BCUT2D eigenvalue weighted by molar-refractivity contribution is 0.0515. The summed E-state index contributed by atoms with van der Waals surface area (Å²) in [6.45, 7) is 12.5. The highest BCUT2D eigenvalue weighted by Gasteiger charge is 2.19. The summed E-state index contributed by atoms with van der Waals surface area (Å²) in [6.07, 6.45) is -0.429. The minimum absolute atomic E-state index is 0.181. The number of carbonyl (C=O) groups excluding carboxylic acids is 1. The van der Waals surface area contributed by atoms with E-state index in [1.807, 2.05) is 26.8 Å². The number of benzene rings is 1. The summed E-state index contributed by atoms with van der Waals surface area (Å²) in [4.78, 5) is 23.0. The van der Waals surface area contributed by atoms with E-state index in [2.05, 4.69) is 24.5 Å². The molecule has 25 heavy (non-hydrogen) atoms. The monoisotopic (exact) mass is 350 g/mol. The van der Waals surface area contributed by atoms with E-state index in [0.717, 1.165) is 5.69 Å². The highest BCUT2D eigenvalue weighted by Crippen LogP contribution is 2.20. The van der Waals surface area contributed by atoms with Crippen LogP contribution in [0.1, 0.15) is 50.5 Å². The molecule has 0 radical (unpaired) electrons. The standard InChI is InChI=1S/C19H30N2O4/c1-12(2)14(11-21-18(24)25-19(4,5)6)10-20-16-9-7-8-15(13(16)3)17(22)23/h7-9,12,14,20H,10-11H2,1-6H3,(H,21,24)(H,22,23). The summed E-state index contributed by atoms with van der Waals surface area (Å²) >= 11 is 0. The SMILES string of the molecule is Cc1c(NCC(CNC(=O)OC(C)(C)C)C(C)C)cccc1C(=O)O. The topological polar surface area (TPSA) is 87.7 Å². The Hall–Kier alpha value is -2.24. The second-order valence-corrected chi connectivity index (χ2v) is 7.55. The quantitative estimate of drug-likeness (QED) is 0.694. The molecule has 0 aromatic heterocycles. The number of hydrogen-bond acceptors (Lipinski definition) is 4. The first-order valence-electron chi connectivity index (χ1n) is 8.55. The molecule has 0 bridgehead atoms. The fourth-order valence-corrected chi connectivity index (χ4v) is 2.37. The van der Waals surface area contributed by atoms with Crippen molar-refractivity contribution in [3.8, 4) is 0 Å². The van der Waals surface area contributed by atoms with Gasteiger partial charge in [-0.15, -0.1) is 0 Å². The Morgan fingerprint density at radius 2 is 1.84 bits per heavy atom. The van der Waals surface area contributed by atoms with Crippen LogP contribution in [0.3, 0.4) is 0 Å². The zero-order valence-electron chi connectivity index (χ0n) is 16.0. The van der Waals surface area contributed by atoms with Crippen LogP contribution in [0.2, 0.25) is 0 Å². The van der Waals surface area contributed by atoms with Gasteiger partial charge in [0.2, 0.25) is 0 Å². The maximum Gasteiger partial charge on any atom is 0.407 e. The van der Waals surface area contributed by atoms with Crippen LogP contribution in [-0.4, -0.2) is 35.9 Å². The second-order valence-electron chi connectivity index (χ2n) is 7.55. The third kappa shape index (κ3) is 7.03. The van der Waals surface area contributed by atoms with Gasteiger partial charge in [-0.25, -0.2) is 9.59 Å². The molecule has 0 fully saturated rings. The Morgan fingerprint density at radius 1 is 1.20 bits per heavy atom. The van der Waals surface area contributed by atoms with Gasteiger partial charge in [-0.1, -0.05) is 19.9 Å². The van der Waals surface area contributed by atoms with Gasteiger partial charge in [-0.2, -0.15) is 0 Å². The Balaban J connectivity index is 2.67. The molecule has 1 aromatic carbocycles. The van der Waals surface area contributed by atoms with Gasteiger partial charge < -0.3 is 20.5 Å². The molecule has 1 rings (SSSR count). The Kier molecular flexibility index (Phi) is 7.27. The van der Waals surface area contributed by atoms with Crippen molar-refractivity contribution >= 4 is 17.7 Å². The number of anilines is 1. The van der Waals surface area contributed by atoms with Crippen molar-refractivity contribution in [2.45, 2.75) is 47.1 Å². The van der Waals surface area contributed by atoms with Gasteiger partial charge in [-0.3, -0.25) is 0 Å². The predicted octanol–water partition coefficient (Wildman–Crippen LogP) is 3.90. The number of hydrogen-bond donors (Lipinski definition) is 3. The number of carbonyl (C=O) groups is 2. The molecular weight excluding hydrogens is 320 g/mol. The van der Waals surface area contributed by atoms with Gasteiger partial charge in [0, 0.05) is 18.8 Å². The first-order valence-corrected chi connectivity index (χ1v) is 8.55. The number of aromatic carboxylic acids is 1. The lowest BCUT2D eigenvalue weighted by Crippen LogP contribution is -2.38. The van der Waals surface area contributed by atoms with Crippen LogP contribution in [0.4, 0.5) is 10.5 Å². The maximum atomic E-state index is 11.8. The lowest BCUT2D eigenvalue weighted by Gasteiger charge is -2.25. The summed E-state index contributed by atoms with van der Waals surface area (Å²) < 4.78 is 5.26. The molecule has 0 aliphatic carbocycles. The minimum Gasteiger partial charge on any atom is -0.478 e. The van der Waals surface area contributed by atoms with Gasteiger partial charge in [-0.05, 0) is 57.2 Å². The fraction of sp³-hybridized carbons (Fsp3) is 0.579. The smallest absolute Gasteiger partial charge is 0.407 e. The predicted molar refractivity (Wildman–Crippen MR) is 99.2 cm³/mol. The highest BCUT2D eigenvalue weighted by atomic mass is 16.6. The van der Waals surface area contributed by atoms with E-state index >= 15 is 0 Å². The lowest BCUT2D eigenvalue weighted by atomic mass is 9.95. The molecule has 1 unspecified atom stereocenters. The normalized spacial score (nSPS) is 12.6. The summed E-state index contributed by atoms with van der Waals surface area (Å²) in [5, 5.41) is 15.3. The van der Waals surface area contributed by atoms with E-state index in [1.165, 1.54) is 0 Å². The molecule has 6 heteroatoms. The van der Waals surface area contributed by atoms with E-state index in [-0.39, 0.29) is 11.5 Å². The number of carboxylic acid groups (broad SMARTS) is 1. The number of ether oxygens (including phenoxy) is 1. The van der Waals surface area contributed by atoms with E-state index in [1.54, 1.807) is 19.1 Å². The number of amides is 1. The van der Waals surface area contributed by atoms with E-state index < -0.39 is 17.7 Å². The average molecular weight is 350 g/mol. The zero-order valence-corrected chi connectivity index (χ0v) is 16.0. The van der Waals surface area contributed by atoms with Crippen LogP contribution < -0.4 is 10.6 Å². The summed E-state index contributed by atoms with van der Waals surface area (Å²) in [5.41, 5.74) is 1.27. The summed E-state index contributed by atoms with van der Waals surface area (Å²) in [6, 6.07) is 5.18. The largest absolute Gasteiger partial charge is 0.478 e. The first kappa shape index (κ1) is 20.8. The highest BCUT2D eigenvalue weighted by molar-refractivity contribution is 5.91. The third-order valence-corrected chi connectivity index (χ3v) is 3.97.